The van der Waals surface area contributed by atoms with E-state index in [1.54, 1.807) is 24.3 Å². The third kappa shape index (κ3) is 5.34. The zero-order valence-electron chi connectivity index (χ0n) is 18.6. The number of benzene rings is 2. The molecule has 0 bridgehead atoms. The number of aromatic nitrogens is 2. The summed E-state index contributed by atoms with van der Waals surface area (Å²) in [5, 5.41) is 29.1. The van der Waals surface area contributed by atoms with E-state index in [0.717, 1.165) is 11.8 Å². The van der Waals surface area contributed by atoms with E-state index >= 15 is 0 Å². The van der Waals surface area contributed by atoms with Gasteiger partial charge in [0, 0.05) is 23.2 Å². The van der Waals surface area contributed by atoms with Gasteiger partial charge in [-0.3, -0.25) is 10.1 Å². The molecule has 0 radical (unpaired) electrons. The van der Waals surface area contributed by atoms with Crippen LogP contribution in [0.15, 0.2) is 67.5 Å². The van der Waals surface area contributed by atoms with Gasteiger partial charge in [-0.2, -0.15) is 0 Å². The van der Waals surface area contributed by atoms with Gasteiger partial charge < -0.3 is 23.4 Å². The molecule has 0 aliphatic heterocycles. The first-order chi connectivity index (χ1) is 17.3. The van der Waals surface area contributed by atoms with E-state index < -0.39 is 10.9 Å². The molecule has 4 aromatic rings. The standard InChI is InChI=1S/C23H16ClN3O8S/c1-32-17-7-4-13(27(30)31)10-15(17)19-8-5-14(34-19)11-20(22(28)29)36-23-26-25-21(35-23)16-9-12(24)3-6-18(16)33-2/h3-11H,1-2H3,(H,28,29)/b20-11-. The molecule has 0 fully saturated rings. The molecule has 1 N–H and O–H groups in total. The number of nitro benzene ring substituents is 1. The van der Waals surface area contributed by atoms with E-state index in [-0.39, 0.29) is 33.2 Å². The van der Waals surface area contributed by atoms with Gasteiger partial charge in [-0.1, -0.05) is 11.6 Å². The van der Waals surface area contributed by atoms with Crippen molar-refractivity contribution in [3.8, 4) is 34.3 Å². The molecule has 36 heavy (non-hydrogen) atoms. The van der Waals surface area contributed by atoms with Crippen LogP contribution >= 0.6 is 23.4 Å². The number of non-ortho nitro benzene ring substituents is 1. The minimum Gasteiger partial charge on any atom is -0.496 e. The third-order valence-electron chi connectivity index (χ3n) is 4.77. The van der Waals surface area contributed by atoms with Crippen molar-refractivity contribution in [2.24, 2.45) is 0 Å². The molecule has 11 nitrogen and oxygen atoms in total. The van der Waals surface area contributed by atoms with Crippen molar-refractivity contribution >= 4 is 41.1 Å². The van der Waals surface area contributed by atoms with Crippen molar-refractivity contribution in [2.45, 2.75) is 5.22 Å². The molecule has 0 unspecified atom stereocenters. The Morgan fingerprint density at radius 2 is 1.78 bits per heavy atom. The van der Waals surface area contributed by atoms with Crippen molar-refractivity contribution in [1.82, 2.24) is 10.2 Å². The number of thioether (sulfide) groups is 1. The van der Waals surface area contributed by atoms with Crippen LogP contribution < -0.4 is 9.47 Å². The topological polar surface area (TPSA) is 151 Å². The lowest BCUT2D eigenvalue weighted by Gasteiger charge is -2.05. The van der Waals surface area contributed by atoms with Crippen LogP contribution in [0.1, 0.15) is 5.76 Å². The summed E-state index contributed by atoms with van der Waals surface area (Å²) >= 11 is 6.76. The number of carboxylic acid groups (broad SMARTS) is 1. The summed E-state index contributed by atoms with van der Waals surface area (Å²) in [6.07, 6.45) is 1.27. The minimum absolute atomic E-state index is 0.0344. The van der Waals surface area contributed by atoms with Gasteiger partial charge in [0.25, 0.3) is 16.8 Å². The zero-order chi connectivity index (χ0) is 25.8. The number of carboxylic acids is 1. The van der Waals surface area contributed by atoms with Gasteiger partial charge in [-0.15, -0.1) is 10.2 Å². The first-order valence-corrected chi connectivity index (χ1v) is 11.2. The van der Waals surface area contributed by atoms with Crippen LogP contribution in [0, 0.1) is 10.1 Å². The van der Waals surface area contributed by atoms with Gasteiger partial charge in [-0.05, 0) is 48.2 Å². The molecule has 2 aromatic heterocycles. The number of halogens is 1. The SMILES string of the molecule is COc1ccc([N+](=O)[O-])cc1-c1ccc(/C=C(\Sc2nnc(-c3cc(Cl)ccc3OC)o2)C(=O)O)o1. The summed E-state index contributed by atoms with van der Waals surface area (Å²) in [4.78, 5) is 22.3. The first-order valence-electron chi connectivity index (χ1n) is 10.0. The molecule has 0 amide bonds. The van der Waals surface area contributed by atoms with E-state index in [9.17, 15) is 20.0 Å². The Labute approximate surface area is 212 Å². The van der Waals surface area contributed by atoms with Crippen molar-refractivity contribution < 1.29 is 33.1 Å². The molecular weight excluding hydrogens is 514 g/mol. The van der Waals surface area contributed by atoms with E-state index in [1.165, 1.54) is 44.6 Å². The van der Waals surface area contributed by atoms with Crippen molar-refractivity contribution in [1.29, 1.82) is 0 Å². The molecule has 184 valence electrons. The Kier molecular flexibility index (Phi) is 7.27. The Bertz CT molecular complexity index is 1480. The van der Waals surface area contributed by atoms with Crippen molar-refractivity contribution in [3.05, 3.63) is 74.3 Å². The van der Waals surface area contributed by atoms with Crippen molar-refractivity contribution in [3.63, 3.8) is 0 Å². The Hall–Kier alpha value is -4.29. The third-order valence-corrected chi connectivity index (χ3v) is 5.85. The number of methoxy groups -OCH3 is 2. The normalized spacial score (nSPS) is 11.4. The largest absolute Gasteiger partial charge is 0.496 e. The van der Waals surface area contributed by atoms with Gasteiger partial charge >= 0.3 is 5.97 Å². The summed E-state index contributed by atoms with van der Waals surface area (Å²) in [6, 6.07) is 12.0. The zero-order valence-corrected chi connectivity index (χ0v) is 20.2. The highest BCUT2D eigenvalue weighted by Crippen LogP contribution is 2.37. The average Bonchev–Trinajstić information content (AvgIpc) is 3.53. The molecule has 0 saturated carbocycles. The minimum atomic E-state index is -1.26. The van der Waals surface area contributed by atoms with Crippen LogP contribution in [0.5, 0.6) is 11.5 Å². The van der Waals surface area contributed by atoms with Gasteiger partial charge in [0.15, 0.2) is 0 Å². The summed E-state index contributed by atoms with van der Waals surface area (Å²) < 4.78 is 21.9. The maximum absolute atomic E-state index is 11.9. The average molecular weight is 530 g/mol. The number of nitro groups is 1. The quantitative estimate of drug-likeness (QED) is 0.121. The number of carbonyl (C=O) groups is 1. The fraction of sp³-hybridized carbons (Fsp3) is 0.0870. The predicted octanol–water partition coefficient (Wildman–Crippen LogP) is 5.79. The summed E-state index contributed by atoms with van der Waals surface area (Å²) in [5.41, 5.74) is 0.643. The molecule has 4 rings (SSSR count). The van der Waals surface area contributed by atoms with Crippen LogP contribution in [-0.4, -0.2) is 40.4 Å². The number of rotatable bonds is 9. The number of hydrogen-bond acceptors (Lipinski definition) is 10. The monoisotopic (exact) mass is 529 g/mol. The van der Waals surface area contributed by atoms with E-state index in [2.05, 4.69) is 10.2 Å². The molecule has 0 aliphatic carbocycles. The van der Waals surface area contributed by atoms with Crippen LogP contribution in [0.4, 0.5) is 5.69 Å². The van der Waals surface area contributed by atoms with Crippen LogP contribution in [0.25, 0.3) is 28.9 Å². The Morgan fingerprint density at radius 1 is 1.06 bits per heavy atom. The highest BCUT2D eigenvalue weighted by molar-refractivity contribution is 8.03. The lowest BCUT2D eigenvalue weighted by atomic mass is 10.1. The smallest absolute Gasteiger partial charge is 0.342 e. The summed E-state index contributed by atoms with van der Waals surface area (Å²) in [7, 11) is 2.90. The van der Waals surface area contributed by atoms with Gasteiger partial charge in [0.2, 0.25) is 0 Å². The number of nitrogens with zero attached hydrogens (tertiary/aromatic N) is 3. The maximum atomic E-state index is 11.9. The second-order valence-corrected chi connectivity index (χ2v) is 8.41. The van der Waals surface area contributed by atoms with Gasteiger partial charge in [0.05, 0.1) is 30.3 Å². The van der Waals surface area contributed by atoms with Gasteiger partial charge in [0.1, 0.15) is 27.9 Å². The highest BCUT2D eigenvalue weighted by Gasteiger charge is 2.20. The molecule has 2 aromatic carbocycles. The van der Waals surface area contributed by atoms with Crippen LogP contribution in [-0.2, 0) is 4.79 Å². The number of ether oxygens (including phenoxy) is 2. The molecule has 0 aliphatic rings. The van der Waals surface area contributed by atoms with Crippen LogP contribution in [0.2, 0.25) is 5.02 Å². The number of hydrogen-bond donors (Lipinski definition) is 1. The lowest BCUT2D eigenvalue weighted by Crippen LogP contribution is -1.96. The fourth-order valence-electron chi connectivity index (χ4n) is 3.14. The van der Waals surface area contributed by atoms with Crippen molar-refractivity contribution in [2.75, 3.05) is 14.2 Å². The molecule has 2 heterocycles. The molecule has 0 atom stereocenters. The maximum Gasteiger partial charge on any atom is 0.342 e. The van der Waals surface area contributed by atoms with E-state index in [0.29, 0.717) is 27.6 Å². The number of aliphatic carboxylic acids is 1. The number of furan rings is 1. The molecule has 0 spiro atoms. The summed E-state index contributed by atoms with van der Waals surface area (Å²) in [6.45, 7) is 0. The molecule has 0 saturated heterocycles. The van der Waals surface area contributed by atoms with E-state index in [4.69, 9.17) is 29.9 Å². The predicted molar refractivity (Wildman–Crippen MR) is 130 cm³/mol. The second kappa shape index (κ2) is 10.5. The Balaban J connectivity index is 1.62. The second-order valence-electron chi connectivity index (χ2n) is 6.98. The molecular formula is C23H16ClN3O8S. The lowest BCUT2D eigenvalue weighted by molar-refractivity contribution is -0.384. The Morgan fingerprint density at radius 3 is 2.47 bits per heavy atom. The fourth-order valence-corrected chi connectivity index (χ4v) is 3.97. The first kappa shape index (κ1) is 24.8. The van der Waals surface area contributed by atoms with Crippen LogP contribution in [0.3, 0.4) is 0 Å². The van der Waals surface area contributed by atoms with Gasteiger partial charge in [-0.25, -0.2) is 4.79 Å². The highest BCUT2D eigenvalue weighted by atomic mass is 35.5. The molecule has 13 heteroatoms. The summed E-state index contributed by atoms with van der Waals surface area (Å²) in [5.74, 6) is 0.0800. The van der Waals surface area contributed by atoms with E-state index in [1.807, 2.05) is 0 Å².